The predicted octanol–water partition coefficient (Wildman–Crippen LogP) is 3.70. The van der Waals surface area contributed by atoms with E-state index in [0.29, 0.717) is 16.8 Å². The Hall–Kier alpha value is -2.44. The van der Waals surface area contributed by atoms with Crippen molar-refractivity contribution >= 4 is 45.9 Å². The third-order valence-corrected chi connectivity index (χ3v) is 4.15. The molecule has 3 aromatic rings. The number of hydrogen-bond acceptors (Lipinski definition) is 4. The van der Waals surface area contributed by atoms with Crippen LogP contribution < -0.4 is 15.8 Å². The highest BCUT2D eigenvalue weighted by molar-refractivity contribution is 6.37. The molecule has 8 heteroatoms. The third kappa shape index (κ3) is 2.74. The normalized spacial score (nSPS) is 10.8. The standard InChI is InChI=1S/C16H12Cl2N2O4/c1-20-11-6-3-8(7-12(11)24-16(20)22)19-15(21)13-9(17)4-5-10(18)14(13)23-2/h3-7H,1-2H3,(H,19,21). The number of ether oxygens (including phenoxy) is 1. The van der Waals surface area contributed by atoms with Gasteiger partial charge in [-0.3, -0.25) is 9.36 Å². The molecular weight excluding hydrogens is 355 g/mol. The Morgan fingerprint density at radius 1 is 1.21 bits per heavy atom. The molecule has 0 saturated heterocycles. The predicted molar refractivity (Wildman–Crippen MR) is 92.4 cm³/mol. The fraction of sp³-hybridized carbons (Fsp3) is 0.125. The second-order valence-corrected chi connectivity index (χ2v) is 5.82. The fourth-order valence-corrected chi connectivity index (χ4v) is 2.82. The highest BCUT2D eigenvalue weighted by atomic mass is 35.5. The molecule has 0 atom stereocenters. The van der Waals surface area contributed by atoms with E-state index in [1.165, 1.54) is 17.7 Å². The highest BCUT2D eigenvalue weighted by Crippen LogP contribution is 2.34. The molecule has 0 aliphatic rings. The van der Waals surface area contributed by atoms with Gasteiger partial charge in [0.25, 0.3) is 5.91 Å². The number of methoxy groups -OCH3 is 1. The molecule has 0 fully saturated rings. The molecule has 0 aliphatic heterocycles. The molecule has 1 amide bonds. The van der Waals surface area contributed by atoms with Crippen molar-refractivity contribution in [1.82, 2.24) is 4.57 Å². The number of nitrogens with one attached hydrogen (secondary N) is 1. The van der Waals surface area contributed by atoms with Crippen LogP contribution >= 0.6 is 23.2 Å². The molecule has 124 valence electrons. The summed E-state index contributed by atoms with van der Waals surface area (Å²) < 4.78 is 11.6. The number of aryl methyl sites for hydroxylation is 1. The van der Waals surface area contributed by atoms with Gasteiger partial charge >= 0.3 is 5.76 Å². The van der Waals surface area contributed by atoms with Crippen molar-refractivity contribution in [2.45, 2.75) is 0 Å². The Morgan fingerprint density at radius 2 is 1.92 bits per heavy atom. The molecular formula is C16H12Cl2N2O4. The highest BCUT2D eigenvalue weighted by Gasteiger charge is 2.20. The largest absolute Gasteiger partial charge is 0.494 e. The molecule has 2 aromatic carbocycles. The van der Waals surface area contributed by atoms with Crippen molar-refractivity contribution in [3.63, 3.8) is 0 Å². The van der Waals surface area contributed by atoms with E-state index in [0.717, 1.165) is 0 Å². The summed E-state index contributed by atoms with van der Waals surface area (Å²) in [7, 11) is 3.00. The minimum absolute atomic E-state index is 0.126. The van der Waals surface area contributed by atoms with Crippen molar-refractivity contribution in [2.24, 2.45) is 7.05 Å². The number of carbonyl (C=O) groups excluding carboxylic acids is 1. The van der Waals surface area contributed by atoms with Crippen LogP contribution in [0.3, 0.4) is 0 Å². The molecule has 6 nitrogen and oxygen atoms in total. The summed E-state index contributed by atoms with van der Waals surface area (Å²) in [6.07, 6.45) is 0. The molecule has 3 rings (SSSR count). The smallest absolute Gasteiger partial charge is 0.419 e. The van der Waals surface area contributed by atoms with Gasteiger partial charge in [-0.2, -0.15) is 0 Å². The van der Waals surface area contributed by atoms with Crippen molar-refractivity contribution in [2.75, 3.05) is 12.4 Å². The van der Waals surface area contributed by atoms with Crippen LogP contribution in [0.15, 0.2) is 39.5 Å². The summed E-state index contributed by atoms with van der Waals surface area (Å²) in [4.78, 5) is 24.1. The maximum atomic E-state index is 12.5. The minimum Gasteiger partial charge on any atom is -0.494 e. The van der Waals surface area contributed by atoms with E-state index >= 15 is 0 Å². The van der Waals surface area contributed by atoms with E-state index in [1.54, 1.807) is 31.3 Å². The molecule has 1 aromatic heterocycles. The van der Waals surface area contributed by atoms with Crippen LogP contribution in [-0.2, 0) is 7.05 Å². The Balaban J connectivity index is 1.99. The molecule has 1 N–H and O–H groups in total. The van der Waals surface area contributed by atoms with Crippen LogP contribution in [0.25, 0.3) is 11.1 Å². The SMILES string of the molecule is COc1c(Cl)ccc(Cl)c1C(=O)Nc1ccc2c(c1)oc(=O)n2C. The van der Waals surface area contributed by atoms with Gasteiger partial charge in [-0.15, -0.1) is 0 Å². The Kier molecular flexibility index (Phi) is 4.26. The number of fused-ring (bicyclic) bond motifs is 1. The second kappa shape index (κ2) is 6.22. The number of rotatable bonds is 3. The van der Waals surface area contributed by atoms with Crippen LogP contribution in [0.1, 0.15) is 10.4 Å². The lowest BCUT2D eigenvalue weighted by Crippen LogP contribution is -2.14. The number of anilines is 1. The molecule has 0 unspecified atom stereocenters. The molecule has 24 heavy (non-hydrogen) atoms. The summed E-state index contributed by atoms with van der Waals surface area (Å²) in [5.74, 6) is -0.779. The molecule has 0 bridgehead atoms. The number of hydrogen-bond donors (Lipinski definition) is 1. The number of oxazole rings is 1. The van der Waals surface area contributed by atoms with Crippen molar-refractivity contribution in [3.8, 4) is 5.75 Å². The Labute approximate surface area is 146 Å². The first kappa shape index (κ1) is 16.4. The zero-order chi connectivity index (χ0) is 17.4. The van der Waals surface area contributed by atoms with Crippen molar-refractivity contribution in [3.05, 3.63) is 56.5 Å². The van der Waals surface area contributed by atoms with E-state index in [4.69, 9.17) is 32.4 Å². The number of amides is 1. The second-order valence-electron chi connectivity index (χ2n) is 5.00. The molecule has 0 saturated carbocycles. The van der Waals surface area contributed by atoms with Gasteiger partial charge in [0.15, 0.2) is 11.3 Å². The molecule has 0 aliphatic carbocycles. The first-order valence-corrected chi connectivity index (χ1v) is 7.61. The maximum absolute atomic E-state index is 12.5. The lowest BCUT2D eigenvalue weighted by atomic mass is 10.1. The van der Waals surface area contributed by atoms with Gasteiger partial charge in [0.1, 0.15) is 5.56 Å². The van der Waals surface area contributed by atoms with Crippen LogP contribution in [0, 0.1) is 0 Å². The lowest BCUT2D eigenvalue weighted by molar-refractivity contribution is 0.102. The van der Waals surface area contributed by atoms with E-state index in [1.807, 2.05) is 0 Å². The van der Waals surface area contributed by atoms with E-state index in [-0.39, 0.29) is 21.4 Å². The van der Waals surface area contributed by atoms with Gasteiger partial charge in [0.05, 0.1) is 22.7 Å². The van der Waals surface area contributed by atoms with Crippen molar-refractivity contribution in [1.29, 1.82) is 0 Å². The molecule has 0 spiro atoms. The molecule has 1 heterocycles. The summed E-state index contributed by atoms with van der Waals surface area (Å²) in [5, 5.41) is 3.17. The van der Waals surface area contributed by atoms with E-state index < -0.39 is 11.7 Å². The van der Waals surface area contributed by atoms with E-state index in [9.17, 15) is 9.59 Å². The summed E-state index contributed by atoms with van der Waals surface area (Å²) in [6, 6.07) is 7.94. The van der Waals surface area contributed by atoms with Gasteiger partial charge in [-0.1, -0.05) is 23.2 Å². The van der Waals surface area contributed by atoms with Crippen LogP contribution in [0.5, 0.6) is 5.75 Å². The average molecular weight is 367 g/mol. The van der Waals surface area contributed by atoms with Gasteiger partial charge in [0, 0.05) is 18.8 Å². The summed E-state index contributed by atoms with van der Waals surface area (Å²) in [5.41, 5.74) is 1.56. The average Bonchev–Trinajstić information content (AvgIpc) is 2.83. The number of aromatic nitrogens is 1. The first-order chi connectivity index (χ1) is 11.4. The summed E-state index contributed by atoms with van der Waals surface area (Å²) >= 11 is 12.1. The van der Waals surface area contributed by atoms with Crippen molar-refractivity contribution < 1.29 is 13.9 Å². The topological polar surface area (TPSA) is 73.5 Å². The number of benzene rings is 2. The fourth-order valence-electron chi connectivity index (χ4n) is 2.35. The van der Waals surface area contributed by atoms with Gasteiger partial charge in [-0.05, 0) is 24.3 Å². The molecule has 0 radical (unpaired) electrons. The summed E-state index contributed by atoms with van der Waals surface area (Å²) in [6.45, 7) is 0. The van der Waals surface area contributed by atoms with Crippen LogP contribution in [0.4, 0.5) is 5.69 Å². The Bertz CT molecular complexity index is 1010. The van der Waals surface area contributed by atoms with Gasteiger partial charge in [-0.25, -0.2) is 4.79 Å². The minimum atomic E-state index is -0.489. The van der Waals surface area contributed by atoms with Crippen LogP contribution in [0.2, 0.25) is 10.0 Å². The zero-order valence-electron chi connectivity index (χ0n) is 12.7. The lowest BCUT2D eigenvalue weighted by Gasteiger charge is -2.12. The first-order valence-electron chi connectivity index (χ1n) is 6.85. The zero-order valence-corrected chi connectivity index (χ0v) is 14.2. The van der Waals surface area contributed by atoms with E-state index in [2.05, 4.69) is 5.32 Å². The Morgan fingerprint density at radius 3 is 2.62 bits per heavy atom. The monoisotopic (exact) mass is 366 g/mol. The third-order valence-electron chi connectivity index (χ3n) is 3.54. The quantitative estimate of drug-likeness (QED) is 0.766. The van der Waals surface area contributed by atoms with Gasteiger partial charge < -0.3 is 14.5 Å². The van der Waals surface area contributed by atoms with Gasteiger partial charge in [0.2, 0.25) is 0 Å². The number of halogens is 2. The number of nitrogens with zero attached hydrogens (tertiary/aromatic N) is 1. The van der Waals surface area contributed by atoms with Crippen LogP contribution in [-0.4, -0.2) is 17.6 Å². The maximum Gasteiger partial charge on any atom is 0.419 e. The number of carbonyl (C=O) groups is 1.